The molecule has 1 amide bonds. The summed E-state index contributed by atoms with van der Waals surface area (Å²) in [5, 5.41) is 20.1. The molecule has 0 aliphatic carbocycles. The number of nitriles is 1. The van der Waals surface area contributed by atoms with E-state index in [4.69, 9.17) is 13.1 Å². The van der Waals surface area contributed by atoms with Gasteiger partial charge in [-0.3, -0.25) is 9.59 Å². The summed E-state index contributed by atoms with van der Waals surface area (Å²) in [5.41, 5.74) is 6.09. The van der Waals surface area contributed by atoms with Gasteiger partial charge in [-0.2, -0.15) is 0 Å². The first-order chi connectivity index (χ1) is 15.4. The molecule has 32 heavy (non-hydrogen) atoms. The lowest BCUT2D eigenvalue weighted by molar-refractivity contribution is -0.141. The Hall–Kier alpha value is -4.69. The monoisotopic (exact) mass is 429 g/mol. The summed E-state index contributed by atoms with van der Waals surface area (Å²) in [6.45, 7) is 22.2. The van der Waals surface area contributed by atoms with Gasteiger partial charge in [0, 0.05) is 13.1 Å². The summed E-state index contributed by atoms with van der Waals surface area (Å²) in [6.07, 6.45) is 3.35. The minimum atomic E-state index is -1.34. The van der Waals surface area contributed by atoms with Crippen LogP contribution in [0.25, 0.3) is 15.3 Å². The molecular formula is C22H19N7O3. The van der Waals surface area contributed by atoms with E-state index in [0.29, 0.717) is 24.3 Å². The van der Waals surface area contributed by atoms with E-state index in [9.17, 15) is 20.0 Å². The molecule has 0 radical (unpaired) electrons. The van der Waals surface area contributed by atoms with Crippen LogP contribution < -0.4 is 16.0 Å². The average molecular weight is 429 g/mol. The molecule has 1 aliphatic heterocycles. The molecular weight excluding hydrogens is 410 g/mol. The molecule has 1 aliphatic rings. The summed E-state index contributed by atoms with van der Waals surface area (Å²) in [7, 11) is 0. The minimum absolute atomic E-state index is 0.0659. The number of nitrogens with one attached hydrogen (secondary N) is 2. The van der Waals surface area contributed by atoms with Gasteiger partial charge in [0.1, 0.15) is 6.54 Å². The lowest BCUT2D eigenvalue weighted by atomic mass is 10.0. The second-order valence-corrected chi connectivity index (χ2v) is 6.23. The second kappa shape index (κ2) is 10.9. The summed E-state index contributed by atoms with van der Waals surface area (Å²) in [5.74, 6) is -2.10. The average Bonchev–Trinajstić information content (AvgIpc) is 3.06. The van der Waals surface area contributed by atoms with Gasteiger partial charge in [-0.25, -0.2) is 30.9 Å². The number of hydrogen-bond donors (Lipinski definition) is 3. The molecule has 0 atom stereocenters. The molecule has 0 unspecified atom stereocenters. The zero-order valence-electron chi connectivity index (χ0n) is 17.0. The summed E-state index contributed by atoms with van der Waals surface area (Å²) >= 11 is 0. The van der Waals surface area contributed by atoms with Gasteiger partial charge in [-0.1, -0.05) is 24.3 Å². The molecule has 0 bridgehead atoms. The Balaban J connectivity index is 2.56. The number of hydrogen-bond acceptors (Lipinski definition) is 6. The van der Waals surface area contributed by atoms with Crippen LogP contribution in [0.3, 0.4) is 0 Å². The highest BCUT2D eigenvalue weighted by Gasteiger charge is 2.39. The molecule has 160 valence electrons. The summed E-state index contributed by atoms with van der Waals surface area (Å²) in [4.78, 5) is 31.5. The highest BCUT2D eigenvalue weighted by molar-refractivity contribution is 6.25. The number of anilines is 1. The van der Waals surface area contributed by atoms with Crippen molar-refractivity contribution < 1.29 is 14.7 Å². The van der Waals surface area contributed by atoms with Gasteiger partial charge < -0.3 is 10.0 Å². The number of allylic oxidation sites excluding steroid dienone is 1. The summed E-state index contributed by atoms with van der Waals surface area (Å²) in [6, 6.07) is 8.20. The van der Waals surface area contributed by atoms with Crippen LogP contribution in [0.5, 0.6) is 0 Å². The standard InChI is InChI=1S/C22H19N7O3/c1-5-11-26-29(27-12-6-2)16-9-7-15(8-10-16)19-20(25-4)21(17(13-23)24-3)28(22(19)32)14-18(30)31/h5-10,26-27H,1-2,11-12,14H2,(H,30,31)/b21-17+. The van der Waals surface area contributed by atoms with E-state index in [2.05, 4.69) is 33.7 Å². The number of benzene rings is 1. The summed E-state index contributed by atoms with van der Waals surface area (Å²) < 4.78 is 0. The number of aliphatic carboxylic acids is 1. The van der Waals surface area contributed by atoms with Crippen LogP contribution in [-0.4, -0.2) is 41.5 Å². The Bertz CT molecular complexity index is 1100. The normalized spacial score (nSPS) is 14.3. The fraction of sp³-hybridized carbons (Fsp3) is 0.136. The number of carbonyl (C=O) groups excluding carboxylic acids is 1. The minimum Gasteiger partial charge on any atom is -0.480 e. The maximum Gasteiger partial charge on any atom is 0.323 e. The van der Waals surface area contributed by atoms with Crippen LogP contribution in [0.2, 0.25) is 0 Å². The van der Waals surface area contributed by atoms with E-state index in [1.807, 2.05) is 0 Å². The number of rotatable bonds is 10. The quantitative estimate of drug-likeness (QED) is 0.226. The van der Waals surface area contributed by atoms with Crippen molar-refractivity contribution >= 4 is 23.1 Å². The van der Waals surface area contributed by atoms with Crippen LogP contribution in [0.15, 0.2) is 66.7 Å². The van der Waals surface area contributed by atoms with Crippen molar-refractivity contribution in [2.24, 2.45) is 0 Å². The number of hydrazine groups is 2. The zero-order chi connectivity index (χ0) is 23.7. The Morgan fingerprint density at radius 2 is 1.81 bits per heavy atom. The van der Waals surface area contributed by atoms with Gasteiger partial charge in [0.15, 0.2) is 0 Å². The van der Waals surface area contributed by atoms with Gasteiger partial charge in [-0.05, 0) is 17.7 Å². The van der Waals surface area contributed by atoms with Gasteiger partial charge in [0.25, 0.3) is 5.70 Å². The van der Waals surface area contributed by atoms with Crippen LogP contribution in [-0.2, 0) is 9.59 Å². The van der Waals surface area contributed by atoms with Crippen molar-refractivity contribution in [3.63, 3.8) is 0 Å². The molecule has 1 aromatic carbocycles. The Morgan fingerprint density at radius 3 is 2.25 bits per heavy atom. The first-order valence-electron chi connectivity index (χ1n) is 9.20. The highest BCUT2D eigenvalue weighted by atomic mass is 16.4. The topological polar surface area (TPSA) is 117 Å². The Morgan fingerprint density at radius 1 is 1.22 bits per heavy atom. The maximum absolute atomic E-state index is 13.0. The number of carboxylic acids is 1. The van der Waals surface area contributed by atoms with Crippen molar-refractivity contribution in [3.8, 4) is 6.07 Å². The first-order valence-corrected chi connectivity index (χ1v) is 9.20. The number of carboxylic acid groups (broad SMARTS) is 1. The predicted octanol–water partition coefficient (Wildman–Crippen LogP) is 2.09. The first kappa shape index (κ1) is 23.6. The van der Waals surface area contributed by atoms with Crippen LogP contribution in [0.1, 0.15) is 5.56 Å². The maximum atomic E-state index is 13.0. The van der Waals surface area contributed by atoms with Gasteiger partial charge in [0.05, 0.1) is 36.2 Å². The van der Waals surface area contributed by atoms with Crippen LogP contribution >= 0.6 is 0 Å². The molecule has 0 saturated heterocycles. The smallest absolute Gasteiger partial charge is 0.323 e. The molecule has 2 rings (SSSR count). The van der Waals surface area contributed by atoms with Crippen LogP contribution in [0, 0.1) is 24.5 Å². The van der Waals surface area contributed by atoms with E-state index in [1.165, 1.54) is 0 Å². The van der Waals surface area contributed by atoms with Crippen molar-refractivity contribution in [1.29, 1.82) is 5.26 Å². The molecule has 0 fully saturated rings. The third kappa shape index (κ3) is 4.89. The lowest BCUT2D eigenvalue weighted by Crippen LogP contribution is -2.48. The number of amides is 1. The molecule has 1 aromatic rings. The van der Waals surface area contributed by atoms with E-state index >= 15 is 0 Å². The molecule has 0 spiro atoms. The van der Waals surface area contributed by atoms with Crippen molar-refractivity contribution in [2.75, 3.05) is 24.8 Å². The molecule has 3 N–H and O–H groups in total. The largest absolute Gasteiger partial charge is 0.480 e. The molecule has 0 saturated carbocycles. The predicted molar refractivity (Wildman–Crippen MR) is 117 cm³/mol. The fourth-order valence-corrected chi connectivity index (χ4v) is 2.94. The van der Waals surface area contributed by atoms with Crippen molar-refractivity contribution in [2.45, 2.75) is 0 Å². The van der Waals surface area contributed by atoms with E-state index < -0.39 is 24.1 Å². The lowest BCUT2D eigenvalue weighted by Gasteiger charge is -2.25. The number of nitrogens with zero attached hydrogens (tertiary/aromatic N) is 5. The van der Waals surface area contributed by atoms with E-state index in [0.717, 1.165) is 4.90 Å². The second-order valence-electron chi connectivity index (χ2n) is 6.23. The number of carbonyl (C=O) groups is 2. The molecule has 10 nitrogen and oxygen atoms in total. The molecule has 0 aromatic heterocycles. The highest BCUT2D eigenvalue weighted by Crippen LogP contribution is 2.38. The van der Waals surface area contributed by atoms with E-state index in [1.54, 1.807) is 47.6 Å². The Labute approximate surface area is 185 Å². The third-order valence-corrected chi connectivity index (χ3v) is 4.24. The van der Waals surface area contributed by atoms with Gasteiger partial charge >= 0.3 is 5.97 Å². The third-order valence-electron chi connectivity index (χ3n) is 4.24. The fourth-order valence-electron chi connectivity index (χ4n) is 2.94. The van der Waals surface area contributed by atoms with E-state index in [-0.39, 0.29) is 17.0 Å². The van der Waals surface area contributed by atoms with Gasteiger partial charge in [-0.15, -0.1) is 13.2 Å². The zero-order valence-corrected chi connectivity index (χ0v) is 17.0. The molecule has 1 heterocycles. The Kier molecular flexibility index (Phi) is 8.04. The van der Waals surface area contributed by atoms with Crippen molar-refractivity contribution in [3.05, 3.63) is 95.1 Å². The molecule has 10 heteroatoms. The van der Waals surface area contributed by atoms with Gasteiger partial charge in [0.2, 0.25) is 11.6 Å². The van der Waals surface area contributed by atoms with Crippen molar-refractivity contribution in [1.82, 2.24) is 15.8 Å². The van der Waals surface area contributed by atoms with Crippen LogP contribution in [0.4, 0.5) is 5.69 Å². The SMILES string of the molecule is [C-]#[N+]C1=C(c2ccc(N(NCC=C)NCC=C)cc2)C(=O)N(CC(=O)O)/C1=C(\C#N)[N+]#[C-].